The molecule has 126 valence electrons. The Morgan fingerprint density at radius 3 is 2.57 bits per heavy atom. The van der Waals surface area contributed by atoms with Crippen molar-refractivity contribution in [2.24, 2.45) is 0 Å². The number of ether oxygens (including phenoxy) is 1. The maximum atomic E-state index is 12.2. The summed E-state index contributed by atoms with van der Waals surface area (Å²) in [6.07, 6.45) is 0. The lowest BCUT2D eigenvalue weighted by molar-refractivity contribution is -0.118. The van der Waals surface area contributed by atoms with E-state index in [-0.39, 0.29) is 17.4 Å². The van der Waals surface area contributed by atoms with Crippen molar-refractivity contribution in [3.8, 4) is 0 Å². The SMILES string of the molecule is CC(C)(C)NC(=O)c1cccc(NC(=O)CN2CCOCC2)c1. The van der Waals surface area contributed by atoms with Gasteiger partial charge in [-0.1, -0.05) is 6.07 Å². The van der Waals surface area contributed by atoms with E-state index in [0.29, 0.717) is 31.0 Å². The molecular formula is C17H25N3O3. The molecule has 2 amide bonds. The monoisotopic (exact) mass is 319 g/mol. The average Bonchev–Trinajstić information content (AvgIpc) is 2.46. The lowest BCUT2D eigenvalue weighted by atomic mass is 10.1. The van der Waals surface area contributed by atoms with Gasteiger partial charge >= 0.3 is 0 Å². The molecule has 6 heteroatoms. The number of nitrogens with zero attached hydrogens (tertiary/aromatic N) is 1. The summed E-state index contributed by atoms with van der Waals surface area (Å²) in [7, 11) is 0. The van der Waals surface area contributed by atoms with E-state index in [2.05, 4.69) is 15.5 Å². The molecule has 6 nitrogen and oxygen atoms in total. The summed E-state index contributed by atoms with van der Waals surface area (Å²) in [6, 6.07) is 6.98. The Hall–Kier alpha value is -1.92. The Kier molecular flexibility index (Phi) is 5.74. The molecule has 0 atom stereocenters. The fourth-order valence-electron chi connectivity index (χ4n) is 2.31. The number of anilines is 1. The van der Waals surface area contributed by atoms with E-state index in [0.717, 1.165) is 13.1 Å². The highest BCUT2D eigenvalue weighted by molar-refractivity contribution is 5.97. The number of benzene rings is 1. The topological polar surface area (TPSA) is 70.7 Å². The predicted molar refractivity (Wildman–Crippen MR) is 89.5 cm³/mol. The molecular weight excluding hydrogens is 294 g/mol. The summed E-state index contributed by atoms with van der Waals surface area (Å²) in [4.78, 5) is 26.3. The van der Waals surface area contributed by atoms with E-state index >= 15 is 0 Å². The van der Waals surface area contributed by atoms with Gasteiger partial charge in [-0.2, -0.15) is 0 Å². The van der Waals surface area contributed by atoms with Crippen LogP contribution in [0.15, 0.2) is 24.3 Å². The highest BCUT2D eigenvalue weighted by atomic mass is 16.5. The van der Waals surface area contributed by atoms with Gasteiger partial charge in [-0.25, -0.2) is 0 Å². The molecule has 2 rings (SSSR count). The highest BCUT2D eigenvalue weighted by Crippen LogP contribution is 2.12. The molecule has 0 bridgehead atoms. The molecule has 1 fully saturated rings. The third-order valence-electron chi connectivity index (χ3n) is 3.37. The zero-order valence-corrected chi connectivity index (χ0v) is 14.0. The zero-order valence-electron chi connectivity index (χ0n) is 14.0. The van der Waals surface area contributed by atoms with Gasteiger partial charge in [-0.3, -0.25) is 14.5 Å². The number of hydrogen-bond donors (Lipinski definition) is 2. The number of hydrogen-bond acceptors (Lipinski definition) is 4. The quantitative estimate of drug-likeness (QED) is 0.882. The molecule has 2 N–H and O–H groups in total. The first kappa shape index (κ1) is 17.4. The van der Waals surface area contributed by atoms with Gasteiger partial charge in [-0.05, 0) is 39.0 Å². The summed E-state index contributed by atoms with van der Waals surface area (Å²) >= 11 is 0. The Morgan fingerprint density at radius 2 is 1.91 bits per heavy atom. The molecule has 0 aliphatic carbocycles. The van der Waals surface area contributed by atoms with Crippen LogP contribution in [0.1, 0.15) is 31.1 Å². The van der Waals surface area contributed by atoms with Gasteiger partial charge in [0.1, 0.15) is 0 Å². The largest absolute Gasteiger partial charge is 0.379 e. The molecule has 0 saturated carbocycles. The second-order valence-corrected chi connectivity index (χ2v) is 6.72. The minimum atomic E-state index is -0.299. The van der Waals surface area contributed by atoms with E-state index < -0.39 is 0 Å². The van der Waals surface area contributed by atoms with Crippen LogP contribution in [0.4, 0.5) is 5.69 Å². The van der Waals surface area contributed by atoms with Crippen molar-refractivity contribution in [2.75, 3.05) is 38.2 Å². The van der Waals surface area contributed by atoms with Crippen LogP contribution in [-0.4, -0.2) is 55.1 Å². The normalized spacial score (nSPS) is 16.0. The molecule has 0 aromatic heterocycles. The van der Waals surface area contributed by atoms with Crippen molar-refractivity contribution >= 4 is 17.5 Å². The van der Waals surface area contributed by atoms with E-state index in [4.69, 9.17) is 4.74 Å². The minimum absolute atomic E-state index is 0.0831. The highest BCUT2D eigenvalue weighted by Gasteiger charge is 2.17. The van der Waals surface area contributed by atoms with E-state index in [1.165, 1.54) is 0 Å². The molecule has 0 unspecified atom stereocenters. The number of carbonyl (C=O) groups is 2. The Balaban J connectivity index is 1.93. The van der Waals surface area contributed by atoms with E-state index in [9.17, 15) is 9.59 Å². The Labute approximate surface area is 137 Å². The second kappa shape index (κ2) is 7.57. The third-order valence-corrected chi connectivity index (χ3v) is 3.37. The van der Waals surface area contributed by atoms with Gasteiger partial charge in [0.15, 0.2) is 0 Å². The van der Waals surface area contributed by atoms with Crippen LogP contribution in [0, 0.1) is 0 Å². The van der Waals surface area contributed by atoms with Gasteiger partial charge in [0.2, 0.25) is 5.91 Å². The zero-order chi connectivity index (χ0) is 16.9. The van der Waals surface area contributed by atoms with Crippen molar-refractivity contribution < 1.29 is 14.3 Å². The predicted octanol–water partition coefficient (Wildman–Crippen LogP) is 1.49. The maximum absolute atomic E-state index is 12.2. The fourth-order valence-corrected chi connectivity index (χ4v) is 2.31. The first-order chi connectivity index (χ1) is 10.8. The number of rotatable bonds is 4. The van der Waals surface area contributed by atoms with E-state index in [1.807, 2.05) is 20.8 Å². The number of amides is 2. The van der Waals surface area contributed by atoms with Gasteiger partial charge < -0.3 is 15.4 Å². The van der Waals surface area contributed by atoms with Crippen LogP contribution in [0.3, 0.4) is 0 Å². The molecule has 1 saturated heterocycles. The summed E-state index contributed by atoms with van der Waals surface area (Å²) in [6.45, 7) is 8.98. The van der Waals surface area contributed by atoms with Gasteiger partial charge in [0, 0.05) is 29.9 Å². The van der Waals surface area contributed by atoms with Crippen LogP contribution < -0.4 is 10.6 Å². The molecule has 1 aliphatic rings. The van der Waals surface area contributed by atoms with Crippen molar-refractivity contribution in [3.63, 3.8) is 0 Å². The molecule has 23 heavy (non-hydrogen) atoms. The second-order valence-electron chi connectivity index (χ2n) is 6.72. The number of carbonyl (C=O) groups excluding carboxylic acids is 2. The van der Waals surface area contributed by atoms with Crippen molar-refractivity contribution in [3.05, 3.63) is 29.8 Å². The molecule has 0 spiro atoms. The number of nitrogens with one attached hydrogen (secondary N) is 2. The molecule has 1 heterocycles. The van der Waals surface area contributed by atoms with Crippen molar-refractivity contribution in [1.29, 1.82) is 0 Å². The van der Waals surface area contributed by atoms with Gasteiger partial charge in [0.25, 0.3) is 5.91 Å². The summed E-state index contributed by atoms with van der Waals surface area (Å²) in [5, 5.41) is 5.75. The van der Waals surface area contributed by atoms with Gasteiger partial charge in [0.05, 0.1) is 19.8 Å². The fraction of sp³-hybridized carbons (Fsp3) is 0.529. The maximum Gasteiger partial charge on any atom is 0.251 e. The van der Waals surface area contributed by atoms with Crippen LogP contribution >= 0.6 is 0 Å². The Morgan fingerprint density at radius 1 is 1.22 bits per heavy atom. The van der Waals surface area contributed by atoms with Crippen molar-refractivity contribution in [1.82, 2.24) is 10.2 Å². The van der Waals surface area contributed by atoms with Crippen LogP contribution in [0.2, 0.25) is 0 Å². The van der Waals surface area contributed by atoms with Crippen molar-refractivity contribution in [2.45, 2.75) is 26.3 Å². The van der Waals surface area contributed by atoms with Crippen LogP contribution in [0.5, 0.6) is 0 Å². The lowest BCUT2D eigenvalue weighted by Crippen LogP contribution is -2.41. The molecule has 1 aliphatic heterocycles. The first-order valence-electron chi connectivity index (χ1n) is 7.86. The van der Waals surface area contributed by atoms with Crippen LogP contribution in [0.25, 0.3) is 0 Å². The summed E-state index contributed by atoms with van der Waals surface area (Å²) in [5.74, 6) is -0.234. The third kappa shape index (κ3) is 6.00. The summed E-state index contributed by atoms with van der Waals surface area (Å²) < 4.78 is 5.26. The number of morpholine rings is 1. The van der Waals surface area contributed by atoms with Crippen LogP contribution in [-0.2, 0) is 9.53 Å². The smallest absolute Gasteiger partial charge is 0.251 e. The standard InChI is InChI=1S/C17H25N3O3/c1-17(2,3)19-16(22)13-5-4-6-14(11-13)18-15(21)12-20-7-9-23-10-8-20/h4-6,11H,7-10,12H2,1-3H3,(H,18,21)(H,19,22). The van der Waals surface area contributed by atoms with Gasteiger partial charge in [-0.15, -0.1) is 0 Å². The lowest BCUT2D eigenvalue weighted by Gasteiger charge is -2.25. The van der Waals surface area contributed by atoms with E-state index in [1.54, 1.807) is 24.3 Å². The molecule has 0 radical (unpaired) electrons. The summed E-state index contributed by atoms with van der Waals surface area (Å²) in [5.41, 5.74) is 0.862. The average molecular weight is 319 g/mol. The molecule has 1 aromatic carbocycles. The molecule has 1 aromatic rings. The Bertz CT molecular complexity index is 560. The minimum Gasteiger partial charge on any atom is -0.379 e. The first-order valence-corrected chi connectivity index (χ1v) is 7.86.